The van der Waals surface area contributed by atoms with Gasteiger partial charge in [0.2, 0.25) is 5.76 Å². The van der Waals surface area contributed by atoms with Crippen LogP contribution in [-0.4, -0.2) is 14.3 Å². The number of fused-ring (bicyclic) bond motifs is 1. The molecule has 0 amide bonds. The van der Waals surface area contributed by atoms with Gasteiger partial charge in [-0.25, -0.2) is 4.98 Å². The highest BCUT2D eigenvalue weighted by molar-refractivity contribution is 9.10. The van der Waals surface area contributed by atoms with Gasteiger partial charge < -0.3 is 4.42 Å². The summed E-state index contributed by atoms with van der Waals surface area (Å²) >= 11 is 3.37. The minimum atomic E-state index is -0.491. The molecule has 0 radical (unpaired) electrons. The second-order valence-corrected chi connectivity index (χ2v) is 4.32. The van der Waals surface area contributed by atoms with Crippen molar-refractivity contribution in [3.8, 4) is 11.5 Å². The molecule has 0 aliphatic heterocycles. The zero-order chi connectivity index (χ0) is 12.7. The summed E-state index contributed by atoms with van der Waals surface area (Å²) < 4.78 is 7.58. The monoisotopic (exact) mass is 307 g/mol. The largest absolute Gasteiger partial charge is 0.455 e. The lowest BCUT2D eigenvalue weighted by molar-refractivity contribution is -0.384. The van der Waals surface area contributed by atoms with Gasteiger partial charge in [0.25, 0.3) is 0 Å². The molecule has 6 nitrogen and oxygen atoms in total. The summed E-state index contributed by atoms with van der Waals surface area (Å²) in [6, 6.07) is 6.81. The first-order valence-corrected chi connectivity index (χ1v) is 5.82. The van der Waals surface area contributed by atoms with E-state index < -0.39 is 4.92 Å². The van der Waals surface area contributed by atoms with Crippen LogP contribution in [0.4, 0.5) is 5.69 Å². The van der Waals surface area contributed by atoms with Crippen LogP contribution in [0.5, 0.6) is 0 Å². The first-order valence-electron chi connectivity index (χ1n) is 5.03. The Kier molecular flexibility index (Phi) is 2.41. The second-order valence-electron chi connectivity index (χ2n) is 3.57. The van der Waals surface area contributed by atoms with Crippen LogP contribution in [0, 0.1) is 10.1 Å². The Morgan fingerprint density at radius 3 is 2.94 bits per heavy atom. The maximum Gasteiger partial charge on any atom is 0.317 e. The molecule has 0 atom stereocenters. The molecule has 0 aromatic carbocycles. The highest BCUT2D eigenvalue weighted by Crippen LogP contribution is 2.35. The van der Waals surface area contributed by atoms with Crippen LogP contribution in [-0.2, 0) is 0 Å². The van der Waals surface area contributed by atoms with Gasteiger partial charge in [0.1, 0.15) is 15.9 Å². The fraction of sp³-hybridized carbons (Fsp3) is 0. The van der Waals surface area contributed by atoms with Crippen LogP contribution < -0.4 is 0 Å². The zero-order valence-electron chi connectivity index (χ0n) is 8.91. The Labute approximate surface area is 109 Å². The Bertz CT molecular complexity index is 747. The van der Waals surface area contributed by atoms with Gasteiger partial charge in [-0.15, -0.1) is 0 Å². The van der Waals surface area contributed by atoms with Crippen LogP contribution in [0.2, 0.25) is 0 Å². The fourth-order valence-corrected chi connectivity index (χ4v) is 2.30. The Morgan fingerprint density at radius 1 is 1.39 bits per heavy atom. The van der Waals surface area contributed by atoms with Crippen LogP contribution in [0.1, 0.15) is 0 Å². The van der Waals surface area contributed by atoms with Crippen LogP contribution in [0.3, 0.4) is 0 Å². The standard InChI is InChI=1S/C11H6BrN3O3/c12-11-9(10-7(15(16)17)4-6-18-10)13-8-3-1-2-5-14(8)11/h1-6H. The summed E-state index contributed by atoms with van der Waals surface area (Å²) in [6.45, 7) is 0. The van der Waals surface area contributed by atoms with Crippen molar-refractivity contribution in [2.75, 3.05) is 0 Å². The third-order valence-corrected chi connectivity index (χ3v) is 3.29. The zero-order valence-corrected chi connectivity index (χ0v) is 10.5. The molecule has 0 N–H and O–H groups in total. The van der Waals surface area contributed by atoms with E-state index in [0.717, 1.165) is 0 Å². The van der Waals surface area contributed by atoms with Gasteiger partial charge in [-0.2, -0.15) is 0 Å². The summed E-state index contributed by atoms with van der Waals surface area (Å²) in [6.07, 6.45) is 3.09. The van der Waals surface area contributed by atoms with Gasteiger partial charge in [0.05, 0.1) is 17.3 Å². The Morgan fingerprint density at radius 2 is 2.22 bits per heavy atom. The molecule has 0 saturated heterocycles. The molecule has 7 heteroatoms. The lowest BCUT2D eigenvalue weighted by Gasteiger charge is -1.94. The van der Waals surface area contributed by atoms with Crippen molar-refractivity contribution in [2.24, 2.45) is 0 Å². The highest BCUT2D eigenvalue weighted by atomic mass is 79.9. The quantitative estimate of drug-likeness (QED) is 0.538. The Hall–Kier alpha value is -2.15. The molecule has 3 rings (SSSR count). The number of imidazole rings is 1. The lowest BCUT2D eigenvalue weighted by atomic mass is 10.3. The van der Waals surface area contributed by atoms with E-state index in [4.69, 9.17) is 4.42 Å². The molecule has 3 heterocycles. The molecule has 0 saturated carbocycles. The number of furan rings is 1. The van der Waals surface area contributed by atoms with Crippen LogP contribution in [0.15, 0.2) is 45.7 Å². The molecule has 0 unspecified atom stereocenters. The van der Waals surface area contributed by atoms with Gasteiger partial charge >= 0.3 is 5.69 Å². The van der Waals surface area contributed by atoms with Crippen LogP contribution in [0.25, 0.3) is 17.1 Å². The van der Waals surface area contributed by atoms with Crippen molar-refractivity contribution < 1.29 is 9.34 Å². The van der Waals surface area contributed by atoms with Gasteiger partial charge in [0, 0.05) is 6.20 Å². The number of hydrogen-bond acceptors (Lipinski definition) is 4. The van der Waals surface area contributed by atoms with E-state index in [2.05, 4.69) is 20.9 Å². The number of pyridine rings is 1. The third-order valence-electron chi connectivity index (χ3n) is 2.53. The molecular weight excluding hydrogens is 302 g/mol. The summed E-state index contributed by atoms with van der Waals surface area (Å²) in [5.41, 5.74) is 1.00. The maximum atomic E-state index is 10.9. The molecule has 3 aromatic rings. The molecule has 3 aromatic heterocycles. The number of halogens is 1. The lowest BCUT2D eigenvalue weighted by Crippen LogP contribution is -1.88. The molecule has 0 aliphatic rings. The van der Waals surface area contributed by atoms with Gasteiger partial charge in [0.15, 0.2) is 0 Å². The van der Waals surface area contributed by atoms with E-state index >= 15 is 0 Å². The number of nitro groups is 1. The van der Waals surface area contributed by atoms with E-state index in [1.165, 1.54) is 12.3 Å². The third kappa shape index (κ3) is 1.52. The van der Waals surface area contributed by atoms with Crippen molar-refractivity contribution >= 4 is 27.3 Å². The predicted molar refractivity (Wildman–Crippen MR) is 67.2 cm³/mol. The Balaban J connectivity index is 2.29. The van der Waals surface area contributed by atoms with E-state index in [1.807, 2.05) is 24.4 Å². The predicted octanol–water partition coefficient (Wildman–Crippen LogP) is 3.27. The first-order chi connectivity index (χ1) is 8.68. The highest BCUT2D eigenvalue weighted by Gasteiger charge is 2.24. The maximum absolute atomic E-state index is 10.9. The van der Waals surface area contributed by atoms with E-state index in [9.17, 15) is 10.1 Å². The normalized spacial score (nSPS) is 10.9. The van der Waals surface area contributed by atoms with Crippen LogP contribution >= 0.6 is 15.9 Å². The summed E-state index contributed by atoms with van der Waals surface area (Å²) in [5.74, 6) is 0.149. The molecular formula is C11H6BrN3O3. The minimum Gasteiger partial charge on any atom is -0.455 e. The SMILES string of the molecule is O=[N+]([O-])c1ccoc1-c1nc2ccccn2c1Br. The van der Waals surface area contributed by atoms with E-state index in [0.29, 0.717) is 15.9 Å². The summed E-state index contributed by atoms with van der Waals surface area (Å²) in [5, 5.41) is 10.9. The molecule has 18 heavy (non-hydrogen) atoms. The number of nitrogens with zero attached hydrogens (tertiary/aromatic N) is 3. The molecule has 0 spiro atoms. The summed E-state index contributed by atoms with van der Waals surface area (Å²) in [7, 11) is 0. The van der Waals surface area contributed by atoms with Gasteiger partial charge in [-0.3, -0.25) is 14.5 Å². The van der Waals surface area contributed by atoms with E-state index in [-0.39, 0.29) is 11.4 Å². The average Bonchev–Trinajstić information content (AvgIpc) is 2.94. The van der Waals surface area contributed by atoms with Crippen molar-refractivity contribution in [2.45, 2.75) is 0 Å². The molecule has 90 valence electrons. The number of hydrogen-bond donors (Lipinski definition) is 0. The van der Waals surface area contributed by atoms with E-state index in [1.54, 1.807) is 4.40 Å². The van der Waals surface area contributed by atoms with Crippen molar-refractivity contribution in [1.29, 1.82) is 0 Å². The summed E-state index contributed by atoms with van der Waals surface area (Å²) in [4.78, 5) is 14.7. The van der Waals surface area contributed by atoms with Gasteiger partial charge in [-0.1, -0.05) is 6.07 Å². The first kappa shape index (κ1) is 11.0. The number of rotatable bonds is 2. The second kappa shape index (κ2) is 3.95. The van der Waals surface area contributed by atoms with Crippen molar-refractivity contribution in [1.82, 2.24) is 9.38 Å². The topological polar surface area (TPSA) is 73.6 Å². The average molecular weight is 308 g/mol. The molecule has 0 bridgehead atoms. The molecule has 0 fully saturated rings. The van der Waals surface area contributed by atoms with Crippen molar-refractivity contribution in [3.05, 3.63) is 51.4 Å². The minimum absolute atomic E-state index is 0.0980. The molecule has 0 aliphatic carbocycles. The number of aromatic nitrogens is 2. The smallest absolute Gasteiger partial charge is 0.317 e. The fourth-order valence-electron chi connectivity index (χ4n) is 1.73. The van der Waals surface area contributed by atoms with Crippen molar-refractivity contribution in [3.63, 3.8) is 0 Å². The van der Waals surface area contributed by atoms with Gasteiger partial charge in [-0.05, 0) is 28.1 Å².